The fraction of sp³-hybridized carbons (Fsp3) is 0.364. The van der Waals surface area contributed by atoms with Gasteiger partial charge in [0.2, 0.25) is 5.91 Å². The lowest BCUT2D eigenvalue weighted by Crippen LogP contribution is -2.55. The van der Waals surface area contributed by atoms with Crippen molar-refractivity contribution < 1.29 is 19.4 Å². The van der Waals surface area contributed by atoms with Gasteiger partial charge in [-0.15, -0.1) is 0 Å². The van der Waals surface area contributed by atoms with Gasteiger partial charge in [0.1, 0.15) is 0 Å². The smallest absolute Gasteiger partial charge is 0.329 e. The summed E-state index contributed by atoms with van der Waals surface area (Å²) in [6.45, 7) is 3.30. The molecule has 0 heterocycles. The van der Waals surface area contributed by atoms with Crippen LogP contribution < -0.4 is 5.32 Å². The molecule has 0 saturated heterocycles. The highest BCUT2D eigenvalue weighted by Crippen LogP contribution is 2.46. The number of nitrogens with one attached hydrogen (secondary N) is 1. The molecule has 0 radical (unpaired) electrons. The van der Waals surface area contributed by atoms with E-state index in [1.165, 1.54) is 29.4 Å². The van der Waals surface area contributed by atoms with E-state index in [4.69, 9.17) is 4.74 Å². The van der Waals surface area contributed by atoms with E-state index in [0.717, 1.165) is 0 Å². The summed E-state index contributed by atoms with van der Waals surface area (Å²) in [6, 6.07) is 15.4. The van der Waals surface area contributed by atoms with E-state index in [1.807, 2.05) is 24.3 Å². The number of carbonyl (C=O) groups excluding carboxylic acids is 1. The molecule has 0 spiro atoms. The minimum Gasteiger partial charge on any atom is -0.480 e. The van der Waals surface area contributed by atoms with Crippen LogP contribution in [0, 0.1) is 0 Å². The average molecular weight is 367 g/mol. The Morgan fingerprint density at radius 3 is 2.07 bits per heavy atom. The van der Waals surface area contributed by atoms with E-state index < -0.39 is 17.6 Å². The summed E-state index contributed by atoms with van der Waals surface area (Å²) < 4.78 is 5.24. The molecule has 1 atom stereocenters. The third-order valence-electron chi connectivity index (χ3n) is 5.40. The molecule has 0 saturated carbocycles. The van der Waals surface area contributed by atoms with Crippen molar-refractivity contribution in [3.63, 3.8) is 0 Å². The molecule has 3 rings (SSSR count). The first-order chi connectivity index (χ1) is 12.8. The van der Waals surface area contributed by atoms with Gasteiger partial charge in [-0.1, -0.05) is 48.5 Å². The number of hydrogen-bond acceptors (Lipinski definition) is 3. The number of carboxylic acid groups (broad SMARTS) is 1. The summed E-state index contributed by atoms with van der Waals surface area (Å²) in [5.41, 5.74) is 3.87. The van der Waals surface area contributed by atoms with E-state index in [0.29, 0.717) is 6.42 Å². The van der Waals surface area contributed by atoms with Gasteiger partial charge in [0.15, 0.2) is 6.04 Å². The van der Waals surface area contributed by atoms with Crippen molar-refractivity contribution in [2.45, 2.75) is 44.2 Å². The fourth-order valence-electron chi connectivity index (χ4n) is 3.73. The van der Waals surface area contributed by atoms with Crippen LogP contribution in [0.25, 0.3) is 11.1 Å². The first kappa shape index (κ1) is 19.1. The Morgan fingerprint density at radius 2 is 1.59 bits per heavy atom. The minimum absolute atomic E-state index is 0.141. The van der Waals surface area contributed by atoms with Crippen molar-refractivity contribution in [2.75, 3.05) is 7.11 Å². The van der Waals surface area contributed by atoms with Crippen molar-refractivity contribution in [3.05, 3.63) is 59.7 Å². The second-order valence-corrected chi connectivity index (χ2v) is 7.41. The molecule has 5 heteroatoms. The van der Waals surface area contributed by atoms with Gasteiger partial charge in [0, 0.05) is 19.4 Å². The summed E-state index contributed by atoms with van der Waals surface area (Å²) in [6.07, 6.45) is 0.872. The predicted octanol–water partition coefficient (Wildman–Crippen LogP) is 3.57. The van der Waals surface area contributed by atoms with Gasteiger partial charge in [0.05, 0.1) is 5.60 Å². The number of fused-ring (bicyclic) bond motifs is 3. The Bertz CT molecular complexity index is 813. The van der Waals surface area contributed by atoms with Crippen molar-refractivity contribution >= 4 is 11.9 Å². The molecule has 2 aromatic rings. The number of benzene rings is 2. The Kier molecular flexibility index (Phi) is 5.33. The molecule has 0 fully saturated rings. The number of methoxy groups -OCH3 is 1. The van der Waals surface area contributed by atoms with Gasteiger partial charge in [-0.3, -0.25) is 4.79 Å². The lowest BCUT2D eigenvalue weighted by molar-refractivity contribution is -0.150. The molecule has 142 valence electrons. The normalized spacial score (nSPS) is 14.3. The number of rotatable bonds is 7. The van der Waals surface area contributed by atoms with Crippen LogP contribution in [0.1, 0.15) is 43.7 Å². The minimum atomic E-state index is -1.10. The zero-order chi connectivity index (χ0) is 19.6. The van der Waals surface area contributed by atoms with Crippen molar-refractivity contribution in [3.8, 4) is 11.1 Å². The molecular formula is C22H25NO4. The van der Waals surface area contributed by atoms with Crippen LogP contribution in [0.3, 0.4) is 0 Å². The van der Waals surface area contributed by atoms with Crippen molar-refractivity contribution in [1.82, 2.24) is 5.32 Å². The standard InChI is InChI=1S/C22H25NO4/c1-22(2,27-3)20(21(25)26)23-19(24)13-12-18-16-10-6-4-8-14(16)15-9-5-7-11-17(15)18/h4-11,18,20H,12-13H2,1-3H3,(H,23,24)(H,25,26). The summed E-state index contributed by atoms with van der Waals surface area (Å²) >= 11 is 0. The third-order valence-corrected chi connectivity index (χ3v) is 5.40. The maximum atomic E-state index is 12.5. The molecule has 0 aliphatic heterocycles. The zero-order valence-corrected chi connectivity index (χ0v) is 15.9. The molecule has 27 heavy (non-hydrogen) atoms. The molecule has 1 aliphatic rings. The van der Waals surface area contributed by atoms with Crippen LogP contribution in [0.2, 0.25) is 0 Å². The van der Waals surface area contributed by atoms with E-state index in [2.05, 4.69) is 29.6 Å². The monoisotopic (exact) mass is 367 g/mol. The molecule has 2 aromatic carbocycles. The van der Waals surface area contributed by atoms with Crippen molar-refractivity contribution in [1.29, 1.82) is 0 Å². The maximum Gasteiger partial charge on any atom is 0.329 e. The van der Waals surface area contributed by atoms with Gasteiger partial charge in [-0.2, -0.15) is 0 Å². The van der Waals surface area contributed by atoms with E-state index in [9.17, 15) is 14.7 Å². The Hall–Kier alpha value is -2.66. The molecular weight excluding hydrogens is 342 g/mol. The molecule has 5 nitrogen and oxygen atoms in total. The predicted molar refractivity (Wildman–Crippen MR) is 104 cm³/mol. The van der Waals surface area contributed by atoms with Gasteiger partial charge in [-0.25, -0.2) is 4.79 Å². The summed E-state index contributed by atoms with van der Waals surface area (Å²) in [5, 5.41) is 12.1. The topological polar surface area (TPSA) is 75.6 Å². The Balaban J connectivity index is 1.73. The summed E-state index contributed by atoms with van der Waals surface area (Å²) in [4.78, 5) is 24.0. The molecule has 1 aliphatic carbocycles. The van der Waals surface area contributed by atoms with Crippen molar-refractivity contribution in [2.24, 2.45) is 0 Å². The first-order valence-electron chi connectivity index (χ1n) is 9.10. The van der Waals surface area contributed by atoms with Crippen LogP contribution in [-0.2, 0) is 14.3 Å². The van der Waals surface area contributed by atoms with E-state index in [-0.39, 0.29) is 18.2 Å². The number of aliphatic carboxylic acids is 1. The van der Waals surface area contributed by atoms with E-state index in [1.54, 1.807) is 13.8 Å². The highest BCUT2D eigenvalue weighted by molar-refractivity contribution is 5.85. The van der Waals surface area contributed by atoms with Crippen LogP contribution in [0.5, 0.6) is 0 Å². The number of hydrogen-bond donors (Lipinski definition) is 2. The molecule has 1 unspecified atom stereocenters. The fourth-order valence-corrected chi connectivity index (χ4v) is 3.73. The quantitative estimate of drug-likeness (QED) is 0.784. The highest BCUT2D eigenvalue weighted by atomic mass is 16.5. The largest absolute Gasteiger partial charge is 0.480 e. The first-order valence-corrected chi connectivity index (χ1v) is 9.10. The zero-order valence-electron chi connectivity index (χ0n) is 15.9. The van der Waals surface area contributed by atoms with Gasteiger partial charge >= 0.3 is 5.97 Å². The number of ether oxygens (including phenoxy) is 1. The van der Waals surface area contributed by atoms with E-state index >= 15 is 0 Å². The SMILES string of the molecule is COC(C)(C)C(NC(=O)CCC1c2ccccc2-c2ccccc21)C(=O)O. The third kappa shape index (κ3) is 3.74. The van der Waals surface area contributed by atoms with Gasteiger partial charge in [-0.05, 0) is 42.5 Å². The molecule has 1 amide bonds. The van der Waals surface area contributed by atoms with Crippen LogP contribution in [0.4, 0.5) is 0 Å². The number of carboxylic acids is 1. The summed E-state index contributed by atoms with van der Waals surface area (Å²) in [7, 11) is 1.44. The second-order valence-electron chi connectivity index (χ2n) is 7.41. The van der Waals surface area contributed by atoms with Gasteiger partial charge in [0.25, 0.3) is 0 Å². The van der Waals surface area contributed by atoms with Crippen LogP contribution >= 0.6 is 0 Å². The average Bonchev–Trinajstić information content (AvgIpc) is 2.98. The molecule has 0 aromatic heterocycles. The summed E-state index contributed by atoms with van der Waals surface area (Å²) in [5.74, 6) is -1.25. The number of amides is 1. The maximum absolute atomic E-state index is 12.5. The lowest BCUT2D eigenvalue weighted by atomic mass is 9.91. The molecule has 2 N–H and O–H groups in total. The molecule has 0 bridgehead atoms. The van der Waals surface area contributed by atoms with Crippen LogP contribution in [0.15, 0.2) is 48.5 Å². The number of carbonyl (C=O) groups is 2. The Morgan fingerprint density at radius 1 is 1.07 bits per heavy atom. The van der Waals surface area contributed by atoms with Gasteiger partial charge < -0.3 is 15.2 Å². The van der Waals surface area contributed by atoms with Crippen LogP contribution in [-0.4, -0.2) is 35.7 Å². The lowest BCUT2D eigenvalue weighted by Gasteiger charge is -2.30. The Labute approximate surface area is 159 Å². The second kappa shape index (κ2) is 7.53. The highest BCUT2D eigenvalue weighted by Gasteiger charge is 2.37.